The summed E-state index contributed by atoms with van der Waals surface area (Å²) in [7, 11) is 0. The number of hydrogen-bond donors (Lipinski definition) is 1. The Morgan fingerprint density at radius 1 is 0.933 bits per heavy atom. The van der Waals surface area contributed by atoms with Gasteiger partial charge in [0.1, 0.15) is 0 Å². The van der Waals surface area contributed by atoms with E-state index in [4.69, 9.17) is 0 Å². The van der Waals surface area contributed by atoms with Gasteiger partial charge in [-0.2, -0.15) is 0 Å². The van der Waals surface area contributed by atoms with Crippen LogP contribution in [0, 0.1) is 0 Å². The van der Waals surface area contributed by atoms with Gasteiger partial charge in [0.15, 0.2) is 5.78 Å². The van der Waals surface area contributed by atoms with E-state index in [0.717, 1.165) is 42.9 Å². The van der Waals surface area contributed by atoms with Crippen molar-refractivity contribution >= 4 is 27.9 Å². The maximum absolute atomic E-state index is 13.1. The van der Waals surface area contributed by atoms with E-state index in [0.29, 0.717) is 12.2 Å². The zero-order valence-electron chi connectivity index (χ0n) is 17.7. The summed E-state index contributed by atoms with van der Waals surface area (Å²) in [6, 6.07) is 21.7. The van der Waals surface area contributed by atoms with Crippen molar-refractivity contribution < 1.29 is 4.79 Å². The first-order valence-corrected chi connectivity index (χ1v) is 11.1. The van der Waals surface area contributed by atoms with Crippen LogP contribution < -0.4 is 10.2 Å². The third-order valence-electron chi connectivity index (χ3n) is 6.64. The molecule has 0 bridgehead atoms. The van der Waals surface area contributed by atoms with E-state index in [9.17, 15) is 4.79 Å². The van der Waals surface area contributed by atoms with E-state index in [-0.39, 0.29) is 5.92 Å². The van der Waals surface area contributed by atoms with Gasteiger partial charge in [-0.15, -0.1) is 0 Å². The predicted molar refractivity (Wildman–Crippen MR) is 125 cm³/mol. The third kappa shape index (κ3) is 3.00. The SMILES string of the molecule is CCN(CC)c1ccc([C@H]2C3=C(CCCC3=O)Nc3ccc4ccccc4c32)cc1. The Balaban J connectivity index is 1.71. The second-order valence-corrected chi connectivity index (χ2v) is 8.24. The molecule has 0 amide bonds. The molecule has 0 saturated carbocycles. The molecule has 152 valence electrons. The number of fused-ring (bicyclic) bond motifs is 3. The van der Waals surface area contributed by atoms with Gasteiger partial charge in [-0.1, -0.05) is 42.5 Å². The van der Waals surface area contributed by atoms with Crippen LogP contribution in [0.5, 0.6) is 0 Å². The molecule has 1 aliphatic carbocycles. The van der Waals surface area contributed by atoms with Crippen LogP contribution >= 0.6 is 0 Å². The van der Waals surface area contributed by atoms with Crippen molar-refractivity contribution in [3.8, 4) is 0 Å². The summed E-state index contributed by atoms with van der Waals surface area (Å²) in [4.78, 5) is 15.5. The van der Waals surface area contributed by atoms with Gasteiger partial charge >= 0.3 is 0 Å². The van der Waals surface area contributed by atoms with E-state index in [1.54, 1.807) is 0 Å². The van der Waals surface area contributed by atoms with E-state index in [1.807, 2.05) is 0 Å². The standard InChI is InChI=1S/C27H28N2O/c1-3-29(4-2)20-15-12-19(13-16-20)25-26-21-9-6-5-8-18(21)14-17-23(26)28-22-10-7-11-24(30)27(22)25/h5-6,8-9,12-17,25,28H,3-4,7,10-11H2,1-2H3/t25-/m1/s1. The normalized spacial score (nSPS) is 18.1. The monoisotopic (exact) mass is 396 g/mol. The highest BCUT2D eigenvalue weighted by Gasteiger charge is 2.36. The van der Waals surface area contributed by atoms with E-state index in [2.05, 4.69) is 84.7 Å². The predicted octanol–water partition coefficient (Wildman–Crippen LogP) is 6.25. The highest BCUT2D eigenvalue weighted by molar-refractivity contribution is 6.04. The van der Waals surface area contributed by atoms with Crippen molar-refractivity contribution in [3.05, 3.63) is 83.1 Å². The fourth-order valence-corrected chi connectivity index (χ4v) is 5.15. The molecule has 1 atom stereocenters. The molecule has 3 aromatic rings. The number of benzene rings is 3. The Morgan fingerprint density at radius 3 is 2.47 bits per heavy atom. The number of nitrogens with one attached hydrogen (secondary N) is 1. The minimum Gasteiger partial charge on any atom is -0.372 e. The molecular weight excluding hydrogens is 368 g/mol. The van der Waals surface area contributed by atoms with Crippen molar-refractivity contribution in [2.45, 2.75) is 39.0 Å². The van der Waals surface area contributed by atoms with Crippen molar-refractivity contribution in [3.63, 3.8) is 0 Å². The first kappa shape index (κ1) is 18.9. The van der Waals surface area contributed by atoms with Crippen molar-refractivity contribution in [2.24, 2.45) is 0 Å². The molecule has 5 rings (SSSR count). The lowest BCUT2D eigenvalue weighted by atomic mass is 9.74. The lowest BCUT2D eigenvalue weighted by Crippen LogP contribution is -2.27. The van der Waals surface area contributed by atoms with E-state index < -0.39 is 0 Å². The summed E-state index contributed by atoms with van der Waals surface area (Å²) in [6.45, 7) is 6.35. The van der Waals surface area contributed by atoms with Gasteiger partial charge in [-0.05, 0) is 66.8 Å². The number of rotatable bonds is 4. The Hall–Kier alpha value is -3.07. The number of carbonyl (C=O) groups is 1. The van der Waals surface area contributed by atoms with Gasteiger partial charge < -0.3 is 10.2 Å². The molecule has 3 heteroatoms. The molecule has 1 N–H and O–H groups in total. The summed E-state index contributed by atoms with van der Waals surface area (Å²) in [5.74, 6) is 0.279. The van der Waals surface area contributed by atoms with Crippen LogP contribution in [0.1, 0.15) is 50.2 Å². The lowest BCUT2D eigenvalue weighted by molar-refractivity contribution is -0.116. The zero-order chi connectivity index (χ0) is 20.7. The summed E-state index contributed by atoms with van der Waals surface area (Å²) < 4.78 is 0. The number of hydrogen-bond acceptors (Lipinski definition) is 3. The zero-order valence-corrected chi connectivity index (χ0v) is 17.7. The average molecular weight is 397 g/mol. The van der Waals surface area contributed by atoms with Crippen LogP contribution in [0.3, 0.4) is 0 Å². The molecule has 0 radical (unpaired) electrons. The number of nitrogens with zero attached hydrogens (tertiary/aromatic N) is 1. The molecule has 0 aromatic heterocycles. The smallest absolute Gasteiger partial charge is 0.161 e. The minimum atomic E-state index is -0.0131. The Labute approximate surface area is 178 Å². The van der Waals surface area contributed by atoms with E-state index >= 15 is 0 Å². The van der Waals surface area contributed by atoms with Crippen molar-refractivity contribution in [2.75, 3.05) is 23.3 Å². The molecule has 30 heavy (non-hydrogen) atoms. The number of Topliss-reactive ketones (excluding diaryl/α,β-unsaturated/α-hetero) is 1. The number of allylic oxidation sites excluding steroid dienone is 2. The second kappa shape index (κ2) is 7.64. The maximum Gasteiger partial charge on any atom is 0.161 e. The number of anilines is 2. The topological polar surface area (TPSA) is 32.3 Å². The molecule has 0 spiro atoms. The summed E-state index contributed by atoms with van der Waals surface area (Å²) in [5, 5.41) is 6.06. The molecule has 0 fully saturated rings. The van der Waals surface area contributed by atoms with Crippen LogP contribution in [-0.2, 0) is 4.79 Å². The molecule has 3 aromatic carbocycles. The average Bonchev–Trinajstić information content (AvgIpc) is 2.79. The van der Waals surface area contributed by atoms with Crippen LogP contribution in [-0.4, -0.2) is 18.9 Å². The molecule has 1 heterocycles. The van der Waals surface area contributed by atoms with Crippen molar-refractivity contribution in [1.82, 2.24) is 0 Å². The minimum absolute atomic E-state index is 0.0131. The maximum atomic E-state index is 13.1. The van der Waals surface area contributed by atoms with Crippen molar-refractivity contribution in [1.29, 1.82) is 0 Å². The van der Waals surface area contributed by atoms with Crippen LogP contribution in [0.25, 0.3) is 10.8 Å². The van der Waals surface area contributed by atoms with Crippen LogP contribution in [0.15, 0.2) is 71.9 Å². The molecule has 2 aliphatic rings. The Morgan fingerprint density at radius 2 is 1.70 bits per heavy atom. The van der Waals surface area contributed by atoms with E-state index in [1.165, 1.54) is 27.6 Å². The van der Waals surface area contributed by atoms with Crippen LogP contribution in [0.4, 0.5) is 11.4 Å². The Kier molecular flexibility index (Phi) is 4.82. The summed E-state index contributed by atoms with van der Waals surface area (Å²) in [6.07, 6.45) is 2.53. The fraction of sp³-hybridized carbons (Fsp3) is 0.296. The highest BCUT2D eigenvalue weighted by Crippen LogP contribution is 2.48. The van der Waals surface area contributed by atoms with Crippen LogP contribution in [0.2, 0.25) is 0 Å². The third-order valence-corrected chi connectivity index (χ3v) is 6.64. The molecule has 0 unspecified atom stereocenters. The number of carbonyl (C=O) groups excluding carboxylic acids is 1. The number of ketones is 1. The van der Waals surface area contributed by atoms with Gasteiger partial charge in [0, 0.05) is 48.1 Å². The van der Waals surface area contributed by atoms with Gasteiger partial charge in [-0.25, -0.2) is 0 Å². The molecule has 0 saturated heterocycles. The summed E-state index contributed by atoms with van der Waals surface area (Å²) in [5.41, 5.74) is 6.90. The molecule has 1 aliphatic heterocycles. The van der Waals surface area contributed by atoms with Gasteiger partial charge in [0.2, 0.25) is 0 Å². The highest BCUT2D eigenvalue weighted by atomic mass is 16.1. The quantitative estimate of drug-likeness (QED) is 0.566. The largest absolute Gasteiger partial charge is 0.372 e. The molecule has 3 nitrogen and oxygen atoms in total. The Bertz CT molecular complexity index is 1140. The summed E-state index contributed by atoms with van der Waals surface area (Å²) >= 11 is 0. The second-order valence-electron chi connectivity index (χ2n) is 8.24. The van der Waals surface area contributed by atoms with Gasteiger partial charge in [0.05, 0.1) is 0 Å². The molecular formula is C27H28N2O. The first-order chi connectivity index (χ1) is 14.7. The van der Waals surface area contributed by atoms with Gasteiger partial charge in [0.25, 0.3) is 0 Å². The fourth-order valence-electron chi connectivity index (χ4n) is 5.15. The first-order valence-electron chi connectivity index (χ1n) is 11.1. The lowest BCUT2D eigenvalue weighted by Gasteiger charge is -2.35. The van der Waals surface area contributed by atoms with Gasteiger partial charge in [-0.3, -0.25) is 4.79 Å².